The maximum absolute atomic E-state index is 11.0. The molecule has 0 aromatic rings. The van der Waals surface area contributed by atoms with Crippen LogP contribution in [-0.2, 0) is 0 Å². The summed E-state index contributed by atoms with van der Waals surface area (Å²) in [7, 11) is 0. The van der Waals surface area contributed by atoms with E-state index in [1.54, 1.807) is 0 Å². The van der Waals surface area contributed by atoms with Gasteiger partial charge in [0.15, 0.2) is 0 Å². The molecule has 26 heavy (non-hydrogen) atoms. The molecule has 150 valence electrons. The first-order chi connectivity index (χ1) is 12.4. The number of aliphatic hydroxyl groups excluding tert-OH is 1. The van der Waals surface area contributed by atoms with Crippen molar-refractivity contribution in [2.45, 2.75) is 97.0 Å². The van der Waals surface area contributed by atoms with Crippen molar-refractivity contribution in [2.75, 3.05) is 6.61 Å². The van der Waals surface area contributed by atoms with E-state index in [9.17, 15) is 10.2 Å². The van der Waals surface area contributed by atoms with Crippen LogP contribution in [0.5, 0.6) is 0 Å². The first-order valence-electron chi connectivity index (χ1n) is 11.7. The van der Waals surface area contributed by atoms with Gasteiger partial charge in [-0.2, -0.15) is 0 Å². The van der Waals surface area contributed by atoms with Gasteiger partial charge in [0.1, 0.15) is 0 Å². The molecule has 4 saturated carbocycles. The van der Waals surface area contributed by atoms with Gasteiger partial charge in [-0.05, 0) is 111 Å². The zero-order valence-corrected chi connectivity index (χ0v) is 17.4. The lowest BCUT2D eigenvalue weighted by Crippen LogP contribution is -2.51. The number of rotatable bonds is 4. The fraction of sp³-hybridized carbons (Fsp3) is 1.00. The van der Waals surface area contributed by atoms with Gasteiger partial charge >= 0.3 is 0 Å². The van der Waals surface area contributed by atoms with E-state index < -0.39 is 0 Å². The van der Waals surface area contributed by atoms with Gasteiger partial charge in [-0.3, -0.25) is 0 Å². The van der Waals surface area contributed by atoms with Crippen LogP contribution in [0.25, 0.3) is 0 Å². The van der Waals surface area contributed by atoms with E-state index in [1.807, 2.05) is 0 Å². The molecule has 4 rings (SSSR count). The predicted octanol–water partition coefficient (Wildman–Crippen LogP) is 5.41. The average Bonchev–Trinajstić information content (AvgIpc) is 2.98. The molecule has 0 aliphatic heterocycles. The zero-order chi connectivity index (χ0) is 18.5. The Morgan fingerprint density at radius 1 is 0.962 bits per heavy atom. The average molecular weight is 363 g/mol. The minimum Gasteiger partial charge on any atom is -0.396 e. The van der Waals surface area contributed by atoms with Crippen molar-refractivity contribution in [3.63, 3.8) is 0 Å². The van der Waals surface area contributed by atoms with E-state index in [0.717, 1.165) is 61.2 Å². The molecule has 9 atom stereocenters. The van der Waals surface area contributed by atoms with Gasteiger partial charge in [0.2, 0.25) is 0 Å². The Bertz CT molecular complexity index is 504. The minimum atomic E-state index is -0.346. The van der Waals surface area contributed by atoms with Crippen LogP contribution in [0.2, 0.25) is 0 Å². The molecular weight excluding hydrogens is 320 g/mol. The second-order valence-electron chi connectivity index (χ2n) is 11.0. The van der Waals surface area contributed by atoms with E-state index in [0.29, 0.717) is 17.9 Å². The van der Waals surface area contributed by atoms with Crippen LogP contribution in [0.1, 0.15) is 91.4 Å². The fourth-order valence-electron chi connectivity index (χ4n) is 8.76. The maximum atomic E-state index is 11.0. The smallest absolute Gasteiger partial charge is 0.0650 e. The molecule has 2 unspecified atom stereocenters. The summed E-state index contributed by atoms with van der Waals surface area (Å²) in [6.45, 7) is 7.43. The van der Waals surface area contributed by atoms with Gasteiger partial charge in [0.05, 0.1) is 5.60 Å². The number of fused-ring (bicyclic) bond motifs is 5. The molecule has 4 fully saturated rings. The van der Waals surface area contributed by atoms with Crippen molar-refractivity contribution in [3.8, 4) is 0 Å². The van der Waals surface area contributed by atoms with Crippen LogP contribution < -0.4 is 0 Å². The topological polar surface area (TPSA) is 40.5 Å². The monoisotopic (exact) mass is 362 g/mol. The standard InChI is InChI=1S/C24H42O2/c1-4-11-24(26)13-10-18-17(14-24)5-6-20-19(18)9-12-23(3)21(16(2)15-25)7-8-22(20)23/h16-22,25-26H,4-15H2,1-3H3/t16?,17-,18-,19+,20+,21?,22-,23+,24+/m0/s1. The van der Waals surface area contributed by atoms with Crippen LogP contribution in [0.4, 0.5) is 0 Å². The van der Waals surface area contributed by atoms with Gasteiger partial charge in [-0.25, -0.2) is 0 Å². The molecule has 0 spiro atoms. The number of aliphatic hydroxyl groups is 2. The van der Waals surface area contributed by atoms with Crippen LogP contribution >= 0.6 is 0 Å². The lowest BCUT2D eigenvalue weighted by Gasteiger charge is -2.57. The molecule has 2 nitrogen and oxygen atoms in total. The van der Waals surface area contributed by atoms with Crippen molar-refractivity contribution >= 4 is 0 Å². The third kappa shape index (κ3) is 2.98. The molecule has 2 heteroatoms. The Kier molecular flexibility index (Phi) is 5.23. The van der Waals surface area contributed by atoms with Crippen molar-refractivity contribution in [2.24, 2.45) is 46.8 Å². The highest BCUT2D eigenvalue weighted by Gasteiger charge is 2.58. The summed E-state index contributed by atoms with van der Waals surface area (Å²) in [5.74, 6) is 5.65. The lowest BCUT2D eigenvalue weighted by molar-refractivity contribution is -0.111. The molecule has 0 saturated heterocycles. The third-order valence-corrected chi connectivity index (χ3v) is 9.87. The summed E-state index contributed by atoms with van der Waals surface area (Å²) >= 11 is 0. The largest absolute Gasteiger partial charge is 0.396 e. The fourth-order valence-corrected chi connectivity index (χ4v) is 8.76. The summed E-state index contributed by atoms with van der Waals surface area (Å²) in [5.41, 5.74) is 0.134. The summed E-state index contributed by atoms with van der Waals surface area (Å²) < 4.78 is 0. The number of hydrogen-bond acceptors (Lipinski definition) is 2. The zero-order valence-electron chi connectivity index (χ0n) is 17.4. The number of hydrogen-bond donors (Lipinski definition) is 2. The molecule has 0 aromatic carbocycles. The van der Waals surface area contributed by atoms with Crippen LogP contribution in [0.3, 0.4) is 0 Å². The Balaban J connectivity index is 1.49. The van der Waals surface area contributed by atoms with Gasteiger partial charge in [0.25, 0.3) is 0 Å². The van der Waals surface area contributed by atoms with E-state index in [4.69, 9.17) is 0 Å². The Morgan fingerprint density at radius 3 is 2.46 bits per heavy atom. The molecule has 2 N–H and O–H groups in total. The van der Waals surface area contributed by atoms with Gasteiger partial charge < -0.3 is 10.2 Å². The highest BCUT2D eigenvalue weighted by Crippen LogP contribution is 2.65. The second-order valence-corrected chi connectivity index (χ2v) is 11.0. The SMILES string of the molecule is CCC[C@@]1(O)CC[C@H]2[C@@H](CC[C@@H]3[C@@H]2CC[C@]2(C)C(C(C)CO)CC[C@@H]32)C1. The van der Waals surface area contributed by atoms with Crippen LogP contribution in [0, 0.1) is 46.8 Å². The quantitative estimate of drug-likeness (QED) is 0.701. The van der Waals surface area contributed by atoms with Crippen molar-refractivity contribution in [1.29, 1.82) is 0 Å². The molecule has 0 aromatic heterocycles. The van der Waals surface area contributed by atoms with Gasteiger partial charge in [0, 0.05) is 6.61 Å². The summed E-state index contributed by atoms with van der Waals surface area (Å²) in [6.07, 6.45) is 13.9. The molecule has 0 heterocycles. The van der Waals surface area contributed by atoms with E-state index in [1.165, 1.54) is 44.9 Å². The second kappa shape index (κ2) is 7.07. The van der Waals surface area contributed by atoms with E-state index >= 15 is 0 Å². The first-order valence-corrected chi connectivity index (χ1v) is 11.7. The minimum absolute atomic E-state index is 0.346. The highest BCUT2D eigenvalue weighted by atomic mass is 16.3. The van der Waals surface area contributed by atoms with Crippen molar-refractivity contribution in [1.82, 2.24) is 0 Å². The molecule has 4 aliphatic rings. The summed E-state index contributed by atoms with van der Waals surface area (Å²) in [5, 5.41) is 20.8. The Labute approximate surface area is 161 Å². The normalized spacial score (nSPS) is 52.0. The maximum Gasteiger partial charge on any atom is 0.0650 e. The molecule has 0 radical (unpaired) electrons. The third-order valence-electron chi connectivity index (χ3n) is 9.87. The van der Waals surface area contributed by atoms with E-state index in [2.05, 4.69) is 20.8 Å². The molecular formula is C24H42O2. The first kappa shape index (κ1) is 19.2. The Hall–Kier alpha value is -0.0800. The van der Waals surface area contributed by atoms with Gasteiger partial charge in [-0.15, -0.1) is 0 Å². The molecule has 4 aliphatic carbocycles. The predicted molar refractivity (Wildman–Crippen MR) is 107 cm³/mol. The van der Waals surface area contributed by atoms with Crippen LogP contribution in [-0.4, -0.2) is 22.4 Å². The van der Waals surface area contributed by atoms with Crippen molar-refractivity contribution in [3.05, 3.63) is 0 Å². The lowest BCUT2D eigenvalue weighted by atomic mass is 9.48. The molecule has 0 amide bonds. The van der Waals surface area contributed by atoms with Gasteiger partial charge in [-0.1, -0.05) is 27.2 Å². The Morgan fingerprint density at radius 2 is 1.73 bits per heavy atom. The molecule has 0 bridgehead atoms. The summed E-state index contributed by atoms with van der Waals surface area (Å²) in [6, 6.07) is 0. The van der Waals surface area contributed by atoms with E-state index in [-0.39, 0.29) is 5.60 Å². The summed E-state index contributed by atoms with van der Waals surface area (Å²) in [4.78, 5) is 0. The van der Waals surface area contributed by atoms with Crippen molar-refractivity contribution < 1.29 is 10.2 Å². The van der Waals surface area contributed by atoms with Crippen LogP contribution in [0.15, 0.2) is 0 Å². The highest BCUT2D eigenvalue weighted by molar-refractivity contribution is 5.07.